The highest BCUT2D eigenvalue weighted by Crippen LogP contribution is 2.43. The average molecular weight is 755 g/mol. The van der Waals surface area contributed by atoms with E-state index in [0.717, 1.165) is 59.8 Å². The van der Waals surface area contributed by atoms with E-state index in [0.29, 0.717) is 47.3 Å². The molecule has 8 heteroatoms. The molecule has 0 aromatic heterocycles. The molecule has 6 aromatic rings. The molecule has 0 atom stereocenters. The Balaban J connectivity index is 1.17. The lowest BCUT2D eigenvalue weighted by molar-refractivity contribution is 0.335. The molecule has 6 aromatic carbocycles. The quantitative estimate of drug-likeness (QED) is 0.0809. The second kappa shape index (κ2) is 19.4. The van der Waals surface area contributed by atoms with Gasteiger partial charge in [-0.05, 0) is 145 Å². The highest BCUT2D eigenvalue weighted by atomic mass is 16.5. The van der Waals surface area contributed by atoms with Gasteiger partial charge in [-0.3, -0.25) is 0 Å². The van der Waals surface area contributed by atoms with Gasteiger partial charge in [0.05, 0.1) is 42.7 Å². The maximum absolute atomic E-state index is 6.49. The number of hydrogen-bond acceptors (Lipinski definition) is 8. The van der Waals surface area contributed by atoms with E-state index >= 15 is 0 Å². The molecule has 0 heterocycles. The van der Waals surface area contributed by atoms with Crippen LogP contribution < -0.4 is 37.9 Å². The van der Waals surface area contributed by atoms with Crippen molar-refractivity contribution in [1.29, 1.82) is 0 Å². The van der Waals surface area contributed by atoms with Crippen molar-refractivity contribution in [2.45, 2.75) is 38.5 Å². The van der Waals surface area contributed by atoms with Crippen LogP contribution in [-0.4, -0.2) is 42.7 Å². The predicted molar refractivity (Wildman–Crippen MR) is 220 cm³/mol. The molecule has 0 spiro atoms. The van der Waals surface area contributed by atoms with Crippen LogP contribution in [0.3, 0.4) is 0 Å². The molecule has 0 saturated heterocycles. The van der Waals surface area contributed by atoms with Crippen LogP contribution in [0, 0.1) is 0 Å². The van der Waals surface area contributed by atoms with Gasteiger partial charge in [-0.1, -0.05) is 48.5 Å². The number of aryl methyl sites for hydroxylation is 6. The second-order valence-electron chi connectivity index (χ2n) is 13.4. The van der Waals surface area contributed by atoms with Crippen LogP contribution in [0.15, 0.2) is 121 Å². The lowest BCUT2D eigenvalue weighted by Crippen LogP contribution is -2.00. The summed E-state index contributed by atoms with van der Waals surface area (Å²) in [6, 6.07) is 40.6. The van der Waals surface area contributed by atoms with E-state index in [-0.39, 0.29) is 0 Å². The Labute approximate surface area is 330 Å². The number of methoxy groups -OCH3 is 6. The van der Waals surface area contributed by atoms with Crippen molar-refractivity contribution in [2.75, 3.05) is 42.7 Å². The van der Waals surface area contributed by atoms with Crippen molar-refractivity contribution in [3.8, 4) is 57.5 Å². The molecule has 0 amide bonds. The van der Waals surface area contributed by atoms with Crippen LogP contribution in [0.5, 0.6) is 57.5 Å². The van der Waals surface area contributed by atoms with E-state index < -0.39 is 0 Å². The van der Waals surface area contributed by atoms with Gasteiger partial charge in [-0.25, -0.2) is 0 Å². The number of hydrogen-bond donors (Lipinski definition) is 0. The second-order valence-corrected chi connectivity index (χ2v) is 13.4. The van der Waals surface area contributed by atoms with Crippen LogP contribution in [0.4, 0.5) is 0 Å². The Bertz CT molecular complexity index is 2050. The summed E-state index contributed by atoms with van der Waals surface area (Å²) in [5.41, 5.74) is 6.81. The molecule has 290 valence electrons. The lowest BCUT2D eigenvalue weighted by atomic mass is 10.0. The standard InChI is InChI=1S/C48H50O8/c1-49-39-15-7-11-33(25-39)19-21-35-13-9-17-41(27-35)55-45-31-37(29-43(51-3)47(45)53-5)23-24-38-30-44(52-4)48(54-6)46(32-38)56-42-18-10-14-36(28-42)22-20-34-12-8-16-40(26-34)50-2/h7-18,25-32H,19-24H2,1-6H3. The van der Waals surface area contributed by atoms with Crippen LogP contribution in [0.2, 0.25) is 0 Å². The van der Waals surface area contributed by atoms with Gasteiger partial charge >= 0.3 is 0 Å². The fourth-order valence-corrected chi connectivity index (χ4v) is 6.71. The summed E-state index contributed by atoms with van der Waals surface area (Å²) >= 11 is 0. The zero-order valence-electron chi connectivity index (χ0n) is 33.1. The van der Waals surface area contributed by atoms with Crippen molar-refractivity contribution in [3.05, 3.63) is 155 Å². The summed E-state index contributed by atoms with van der Waals surface area (Å²) in [7, 11) is 9.89. The molecule has 6 rings (SSSR count). The van der Waals surface area contributed by atoms with E-state index in [1.54, 1.807) is 42.7 Å². The average Bonchev–Trinajstić information content (AvgIpc) is 3.24. The molecule has 0 aliphatic carbocycles. The highest BCUT2D eigenvalue weighted by Gasteiger charge is 2.18. The van der Waals surface area contributed by atoms with Gasteiger partial charge in [-0.15, -0.1) is 0 Å². The number of benzene rings is 6. The summed E-state index contributed by atoms with van der Waals surface area (Å²) in [5, 5.41) is 0. The van der Waals surface area contributed by atoms with Crippen molar-refractivity contribution in [3.63, 3.8) is 0 Å². The van der Waals surface area contributed by atoms with Gasteiger partial charge in [0, 0.05) is 0 Å². The molecule has 0 unspecified atom stereocenters. The first-order valence-corrected chi connectivity index (χ1v) is 18.7. The first kappa shape index (κ1) is 39.4. The molecule has 0 aliphatic rings. The number of rotatable bonds is 19. The predicted octanol–water partition coefficient (Wildman–Crippen LogP) is 10.7. The molecular weight excluding hydrogens is 705 g/mol. The van der Waals surface area contributed by atoms with Crippen LogP contribution in [0.25, 0.3) is 0 Å². The largest absolute Gasteiger partial charge is 0.497 e. The molecule has 0 fully saturated rings. The third-order valence-electron chi connectivity index (χ3n) is 9.64. The fourth-order valence-electron chi connectivity index (χ4n) is 6.71. The van der Waals surface area contributed by atoms with E-state index in [2.05, 4.69) is 48.5 Å². The smallest absolute Gasteiger partial charge is 0.203 e. The minimum absolute atomic E-state index is 0.533. The van der Waals surface area contributed by atoms with Gasteiger partial charge in [0.1, 0.15) is 23.0 Å². The Hall–Kier alpha value is -6.28. The zero-order valence-corrected chi connectivity index (χ0v) is 33.1. The van der Waals surface area contributed by atoms with Gasteiger partial charge in [0.15, 0.2) is 23.0 Å². The lowest BCUT2D eigenvalue weighted by Gasteiger charge is -2.17. The Kier molecular flexibility index (Phi) is 13.6. The fraction of sp³-hybridized carbons (Fsp3) is 0.250. The third kappa shape index (κ3) is 10.3. The Morgan fingerprint density at radius 3 is 0.911 bits per heavy atom. The van der Waals surface area contributed by atoms with Gasteiger partial charge in [0.2, 0.25) is 11.5 Å². The molecule has 0 radical (unpaired) electrons. The highest BCUT2D eigenvalue weighted by molar-refractivity contribution is 5.57. The van der Waals surface area contributed by atoms with Crippen molar-refractivity contribution in [2.24, 2.45) is 0 Å². The minimum atomic E-state index is 0.533. The monoisotopic (exact) mass is 754 g/mol. The third-order valence-corrected chi connectivity index (χ3v) is 9.64. The van der Waals surface area contributed by atoms with Gasteiger partial charge < -0.3 is 37.9 Å². The SMILES string of the molecule is COc1cccc(CCc2cccc(Oc3cc(CCc4cc(OC)c(OC)c(Oc5cccc(CCc6cccc(OC)c6)c5)c4)cc(OC)c3OC)c2)c1. The first-order chi connectivity index (χ1) is 27.4. The molecule has 0 saturated carbocycles. The summed E-state index contributed by atoms with van der Waals surface area (Å²) < 4.78 is 46.9. The molecule has 56 heavy (non-hydrogen) atoms. The van der Waals surface area contributed by atoms with Gasteiger partial charge in [-0.2, -0.15) is 0 Å². The van der Waals surface area contributed by atoms with Crippen LogP contribution in [-0.2, 0) is 38.5 Å². The molecule has 0 N–H and O–H groups in total. The van der Waals surface area contributed by atoms with Crippen LogP contribution in [0.1, 0.15) is 33.4 Å². The number of ether oxygens (including phenoxy) is 8. The summed E-state index contributed by atoms with van der Waals surface area (Å²) in [6.45, 7) is 0. The van der Waals surface area contributed by atoms with Gasteiger partial charge in [0.25, 0.3) is 0 Å². The Morgan fingerprint density at radius 2 is 0.589 bits per heavy atom. The maximum atomic E-state index is 6.49. The van der Waals surface area contributed by atoms with E-state index in [4.69, 9.17) is 37.9 Å². The van der Waals surface area contributed by atoms with Crippen molar-refractivity contribution >= 4 is 0 Å². The first-order valence-electron chi connectivity index (χ1n) is 18.7. The zero-order chi connectivity index (χ0) is 39.3. The summed E-state index contributed by atoms with van der Waals surface area (Å²) in [5.74, 6) is 6.57. The van der Waals surface area contributed by atoms with Crippen molar-refractivity contribution < 1.29 is 37.9 Å². The molecule has 8 nitrogen and oxygen atoms in total. The van der Waals surface area contributed by atoms with E-state index in [1.807, 2.05) is 72.8 Å². The molecular formula is C48H50O8. The molecule has 0 aliphatic heterocycles. The van der Waals surface area contributed by atoms with Crippen molar-refractivity contribution in [1.82, 2.24) is 0 Å². The van der Waals surface area contributed by atoms with E-state index in [9.17, 15) is 0 Å². The maximum Gasteiger partial charge on any atom is 0.203 e. The van der Waals surface area contributed by atoms with Crippen LogP contribution >= 0.6 is 0 Å². The summed E-state index contributed by atoms with van der Waals surface area (Å²) in [4.78, 5) is 0. The normalized spacial score (nSPS) is 10.8. The topological polar surface area (TPSA) is 73.8 Å². The Morgan fingerprint density at radius 1 is 0.286 bits per heavy atom. The minimum Gasteiger partial charge on any atom is -0.497 e. The summed E-state index contributed by atoms with van der Waals surface area (Å²) in [6.07, 6.45) is 4.86. The molecule has 0 bridgehead atoms. The van der Waals surface area contributed by atoms with E-state index in [1.165, 1.54) is 22.3 Å².